The number of rotatable bonds is 4. The van der Waals surface area contributed by atoms with E-state index in [1.54, 1.807) is 24.3 Å². The van der Waals surface area contributed by atoms with Gasteiger partial charge in [0.1, 0.15) is 5.69 Å². The molecule has 4 aromatic rings. The Morgan fingerprint density at radius 2 is 1.89 bits per heavy atom. The molecule has 0 aliphatic heterocycles. The summed E-state index contributed by atoms with van der Waals surface area (Å²) in [6.45, 7) is 0.255. The second-order valence-electron chi connectivity index (χ2n) is 5.54. The molecule has 0 fully saturated rings. The Labute approximate surface area is 154 Å². The van der Waals surface area contributed by atoms with Gasteiger partial charge in [0.15, 0.2) is 0 Å². The highest BCUT2D eigenvalue weighted by atomic mass is 32.1. The second-order valence-corrected chi connectivity index (χ2v) is 6.38. The minimum Gasteiger partial charge on any atom is -0.409 e. The molecule has 136 valence electrons. The highest BCUT2D eigenvalue weighted by molar-refractivity contribution is 7.12. The molecule has 0 radical (unpaired) electrons. The van der Waals surface area contributed by atoms with Gasteiger partial charge < -0.3 is 4.74 Å². The summed E-state index contributed by atoms with van der Waals surface area (Å²) in [4.78, 5) is 14.6. The summed E-state index contributed by atoms with van der Waals surface area (Å²) in [5, 5.41) is 6.72. The molecule has 2 aromatic heterocycles. The zero-order valence-electron chi connectivity index (χ0n) is 13.5. The lowest BCUT2D eigenvalue weighted by atomic mass is 10.1. The number of alkyl halides is 3. The fourth-order valence-corrected chi connectivity index (χ4v) is 3.40. The maximum Gasteiger partial charge on any atom is 0.416 e. The first kappa shape index (κ1) is 17.2. The van der Waals surface area contributed by atoms with E-state index >= 15 is 0 Å². The van der Waals surface area contributed by atoms with E-state index in [4.69, 9.17) is 4.74 Å². The number of halogens is 3. The van der Waals surface area contributed by atoms with E-state index < -0.39 is 11.7 Å². The molecule has 2 heterocycles. The van der Waals surface area contributed by atoms with Crippen molar-refractivity contribution in [1.82, 2.24) is 14.8 Å². The van der Waals surface area contributed by atoms with Crippen LogP contribution in [-0.4, -0.2) is 21.2 Å². The Morgan fingerprint density at radius 3 is 2.59 bits per heavy atom. The average molecular weight is 389 g/mol. The van der Waals surface area contributed by atoms with Crippen molar-refractivity contribution in [3.8, 4) is 22.3 Å². The van der Waals surface area contributed by atoms with Crippen molar-refractivity contribution in [2.45, 2.75) is 6.18 Å². The Kier molecular flexibility index (Phi) is 4.15. The number of hydrogen-bond donors (Lipinski definition) is 0. The highest BCUT2D eigenvalue weighted by Gasteiger charge is 2.31. The summed E-state index contributed by atoms with van der Waals surface area (Å²) in [6.07, 6.45) is -4.46. The Balaban J connectivity index is 1.95. The normalized spacial score (nSPS) is 11.7. The number of hydrogen-bond acceptors (Lipinski definition) is 5. The summed E-state index contributed by atoms with van der Waals surface area (Å²) < 4.78 is 45.7. The van der Waals surface area contributed by atoms with E-state index in [-0.39, 0.29) is 12.4 Å². The molecule has 0 saturated heterocycles. The van der Waals surface area contributed by atoms with Crippen molar-refractivity contribution in [2.75, 3.05) is 0 Å². The minimum absolute atomic E-state index is 0.0989. The van der Waals surface area contributed by atoms with E-state index in [2.05, 4.69) is 10.1 Å². The van der Waals surface area contributed by atoms with Gasteiger partial charge in [-0.15, -0.1) is 0 Å². The molecule has 2 aromatic carbocycles. The molecule has 5 nitrogen and oxygen atoms in total. The molecule has 0 atom stereocenters. The number of fused-ring (bicyclic) bond motifs is 1. The number of carbonyl (C=O) groups excluding carboxylic acids is 1. The number of carbonyl (C=O) groups is 1. The van der Waals surface area contributed by atoms with Crippen LogP contribution in [0.1, 0.15) is 5.56 Å². The van der Waals surface area contributed by atoms with Gasteiger partial charge in [0.25, 0.3) is 6.47 Å². The molecule has 0 spiro atoms. The van der Waals surface area contributed by atoms with Crippen LogP contribution < -0.4 is 4.74 Å². The monoisotopic (exact) mass is 389 g/mol. The minimum atomic E-state index is -4.46. The zero-order valence-corrected chi connectivity index (χ0v) is 14.3. The van der Waals surface area contributed by atoms with Gasteiger partial charge in [-0.1, -0.05) is 41.7 Å². The third-order valence-corrected chi connectivity index (χ3v) is 4.67. The Bertz CT molecular complexity index is 1120. The van der Waals surface area contributed by atoms with Crippen molar-refractivity contribution >= 4 is 28.7 Å². The van der Waals surface area contributed by atoms with E-state index in [0.29, 0.717) is 27.3 Å². The van der Waals surface area contributed by atoms with Gasteiger partial charge in [0, 0.05) is 10.9 Å². The van der Waals surface area contributed by atoms with Crippen LogP contribution in [0.25, 0.3) is 27.3 Å². The molecule has 9 heteroatoms. The molecule has 0 aliphatic rings. The highest BCUT2D eigenvalue weighted by Crippen LogP contribution is 2.36. The van der Waals surface area contributed by atoms with Gasteiger partial charge in [-0.3, -0.25) is 4.79 Å². The lowest BCUT2D eigenvalue weighted by molar-refractivity contribution is -0.137. The maximum atomic E-state index is 13.2. The van der Waals surface area contributed by atoms with Crippen LogP contribution in [-0.2, 0) is 11.0 Å². The van der Waals surface area contributed by atoms with Crippen LogP contribution in [0, 0.1) is 0 Å². The van der Waals surface area contributed by atoms with Gasteiger partial charge in [-0.05, 0) is 18.2 Å². The molecular formula is C18H10F3N3O2S. The fourth-order valence-electron chi connectivity index (χ4n) is 2.70. The first-order chi connectivity index (χ1) is 13.0. The smallest absolute Gasteiger partial charge is 0.409 e. The van der Waals surface area contributed by atoms with Crippen LogP contribution in [0.4, 0.5) is 13.2 Å². The van der Waals surface area contributed by atoms with Gasteiger partial charge in [0.2, 0.25) is 11.0 Å². The van der Waals surface area contributed by atoms with Crippen LogP contribution >= 0.6 is 11.3 Å². The fraction of sp³-hybridized carbons (Fsp3) is 0.0556. The standard InChI is InChI=1S/C18H10F3N3O2S/c19-18(20,21)12-6-7-14-13(8-12)16(11-4-2-1-3-5-11)23-24(14)17-22-15(9-27-17)26-10-25/h1-10H. The van der Waals surface area contributed by atoms with Crippen LogP contribution in [0.15, 0.2) is 53.9 Å². The lowest BCUT2D eigenvalue weighted by Crippen LogP contribution is -2.04. The average Bonchev–Trinajstić information content (AvgIpc) is 3.26. The number of benzene rings is 2. The van der Waals surface area contributed by atoms with Crippen LogP contribution in [0.2, 0.25) is 0 Å². The summed E-state index contributed by atoms with van der Waals surface area (Å²) in [7, 11) is 0. The number of ether oxygens (including phenoxy) is 1. The van der Waals surface area contributed by atoms with E-state index in [9.17, 15) is 18.0 Å². The molecule has 0 bridgehead atoms. The maximum absolute atomic E-state index is 13.2. The quantitative estimate of drug-likeness (QED) is 0.475. The predicted octanol–water partition coefficient (Wildman–Crippen LogP) is 4.70. The van der Waals surface area contributed by atoms with Crippen LogP contribution in [0.5, 0.6) is 5.88 Å². The van der Waals surface area contributed by atoms with Crippen molar-refractivity contribution in [3.63, 3.8) is 0 Å². The lowest BCUT2D eigenvalue weighted by Gasteiger charge is -2.07. The SMILES string of the molecule is O=COc1csc(-n2nc(-c3ccccc3)c3cc(C(F)(F)F)ccc32)n1. The summed E-state index contributed by atoms with van der Waals surface area (Å²) in [6, 6.07) is 12.4. The van der Waals surface area contributed by atoms with Crippen molar-refractivity contribution < 1.29 is 22.7 Å². The molecule has 27 heavy (non-hydrogen) atoms. The van der Waals surface area contributed by atoms with E-state index in [1.807, 2.05) is 6.07 Å². The largest absolute Gasteiger partial charge is 0.416 e. The summed E-state index contributed by atoms with van der Waals surface area (Å²) >= 11 is 1.16. The topological polar surface area (TPSA) is 57.0 Å². The van der Waals surface area contributed by atoms with Crippen LogP contribution in [0.3, 0.4) is 0 Å². The summed E-state index contributed by atoms with van der Waals surface area (Å²) in [5.74, 6) is 0.0989. The molecule has 0 aliphatic carbocycles. The molecule has 0 N–H and O–H groups in total. The van der Waals surface area contributed by atoms with E-state index in [1.165, 1.54) is 16.1 Å². The van der Waals surface area contributed by atoms with E-state index in [0.717, 1.165) is 23.5 Å². The number of nitrogens with zero attached hydrogens (tertiary/aromatic N) is 3. The molecule has 4 rings (SSSR count). The third-order valence-electron chi connectivity index (χ3n) is 3.88. The molecule has 0 unspecified atom stereocenters. The molecular weight excluding hydrogens is 379 g/mol. The molecule has 0 saturated carbocycles. The number of aromatic nitrogens is 3. The second kappa shape index (κ2) is 6.51. The number of thiazole rings is 1. The Morgan fingerprint density at radius 1 is 1.11 bits per heavy atom. The summed E-state index contributed by atoms with van der Waals surface area (Å²) in [5.41, 5.74) is 0.802. The van der Waals surface area contributed by atoms with Gasteiger partial charge in [-0.25, -0.2) is 4.68 Å². The zero-order chi connectivity index (χ0) is 19.0. The first-order valence-electron chi connectivity index (χ1n) is 7.69. The van der Waals surface area contributed by atoms with Crippen molar-refractivity contribution in [3.05, 3.63) is 59.5 Å². The van der Waals surface area contributed by atoms with Gasteiger partial charge >= 0.3 is 6.18 Å². The van der Waals surface area contributed by atoms with Gasteiger partial charge in [0.05, 0.1) is 16.5 Å². The third kappa shape index (κ3) is 3.17. The van der Waals surface area contributed by atoms with Crippen molar-refractivity contribution in [1.29, 1.82) is 0 Å². The Hall–Kier alpha value is -3.20. The van der Waals surface area contributed by atoms with Crippen molar-refractivity contribution in [2.24, 2.45) is 0 Å². The first-order valence-corrected chi connectivity index (χ1v) is 8.57. The predicted molar refractivity (Wildman–Crippen MR) is 93.9 cm³/mol. The van der Waals surface area contributed by atoms with Gasteiger partial charge in [-0.2, -0.15) is 23.3 Å². The molecule has 0 amide bonds.